The average Bonchev–Trinajstić information content (AvgIpc) is 2.66. The van der Waals surface area contributed by atoms with Gasteiger partial charge in [-0.05, 0) is 24.6 Å². The average molecular weight is 275 g/mol. The van der Waals surface area contributed by atoms with Gasteiger partial charge in [0.25, 0.3) is 5.91 Å². The Labute approximate surface area is 95.1 Å². The lowest BCUT2D eigenvalue weighted by Crippen LogP contribution is -2.29. The number of thiophene rings is 1. The molecule has 0 radical (unpaired) electrons. The molecule has 3 N–H and O–H groups in total. The third-order valence-corrected chi connectivity index (χ3v) is 3.05. The van der Waals surface area contributed by atoms with Crippen molar-refractivity contribution in [2.24, 2.45) is 5.84 Å². The number of halogens is 1. The van der Waals surface area contributed by atoms with Gasteiger partial charge >= 0.3 is 0 Å². The standard InChI is InChI=1S/C9H11BrN2OS/c10-6-2-1-3-7-4-5-8(14-7)9(13)12-11/h1,3-5H,2,6,11H2,(H,12,13). The van der Waals surface area contributed by atoms with Crippen molar-refractivity contribution in [2.45, 2.75) is 6.42 Å². The minimum absolute atomic E-state index is 0.241. The monoisotopic (exact) mass is 274 g/mol. The molecule has 0 bridgehead atoms. The predicted molar refractivity (Wildman–Crippen MR) is 63.4 cm³/mol. The van der Waals surface area contributed by atoms with Gasteiger partial charge in [0, 0.05) is 10.2 Å². The van der Waals surface area contributed by atoms with E-state index in [0.717, 1.165) is 16.6 Å². The Morgan fingerprint density at radius 2 is 2.43 bits per heavy atom. The predicted octanol–water partition coefficient (Wildman–Crippen LogP) is 2.15. The Kier molecular flexibility index (Phi) is 4.86. The molecule has 5 heteroatoms. The van der Waals surface area contributed by atoms with Gasteiger partial charge < -0.3 is 0 Å². The number of hydrogen-bond donors (Lipinski definition) is 2. The molecule has 1 heterocycles. The van der Waals surface area contributed by atoms with Crippen LogP contribution in [0.5, 0.6) is 0 Å². The number of nitrogens with one attached hydrogen (secondary N) is 1. The van der Waals surface area contributed by atoms with E-state index in [1.165, 1.54) is 11.3 Å². The third kappa shape index (κ3) is 3.25. The Hall–Kier alpha value is -0.650. The maximum atomic E-state index is 11.1. The molecule has 0 aliphatic heterocycles. The van der Waals surface area contributed by atoms with Crippen molar-refractivity contribution in [3.8, 4) is 0 Å². The quantitative estimate of drug-likeness (QED) is 0.383. The Morgan fingerprint density at radius 1 is 1.64 bits per heavy atom. The van der Waals surface area contributed by atoms with Crippen LogP contribution in [0, 0.1) is 0 Å². The molecule has 14 heavy (non-hydrogen) atoms. The van der Waals surface area contributed by atoms with Crippen LogP contribution in [0.25, 0.3) is 6.08 Å². The van der Waals surface area contributed by atoms with E-state index in [2.05, 4.69) is 27.4 Å². The van der Waals surface area contributed by atoms with Crippen molar-refractivity contribution < 1.29 is 4.79 Å². The second-order valence-corrected chi connectivity index (χ2v) is 4.46. The highest BCUT2D eigenvalue weighted by Gasteiger charge is 2.05. The lowest BCUT2D eigenvalue weighted by Gasteiger charge is -1.91. The maximum absolute atomic E-state index is 11.1. The van der Waals surface area contributed by atoms with Crippen LogP contribution in [0.15, 0.2) is 18.2 Å². The van der Waals surface area contributed by atoms with Gasteiger partial charge in [-0.15, -0.1) is 11.3 Å². The molecule has 0 spiro atoms. The highest BCUT2D eigenvalue weighted by atomic mass is 79.9. The van der Waals surface area contributed by atoms with Crippen molar-refractivity contribution in [1.29, 1.82) is 0 Å². The number of amides is 1. The Balaban J connectivity index is 2.63. The van der Waals surface area contributed by atoms with Crippen LogP contribution >= 0.6 is 27.3 Å². The summed E-state index contributed by atoms with van der Waals surface area (Å²) in [5.74, 6) is 4.78. The minimum Gasteiger partial charge on any atom is -0.289 e. The summed E-state index contributed by atoms with van der Waals surface area (Å²) in [4.78, 5) is 12.8. The van der Waals surface area contributed by atoms with Gasteiger partial charge in [-0.3, -0.25) is 10.2 Å². The van der Waals surface area contributed by atoms with Gasteiger partial charge in [0.2, 0.25) is 0 Å². The molecule has 1 rings (SSSR count). The number of hydrazine groups is 1. The zero-order valence-corrected chi connectivity index (χ0v) is 9.90. The van der Waals surface area contributed by atoms with E-state index in [4.69, 9.17) is 5.84 Å². The smallest absolute Gasteiger partial charge is 0.275 e. The summed E-state index contributed by atoms with van der Waals surface area (Å²) in [6.07, 6.45) is 5.04. The molecule has 0 aliphatic carbocycles. The van der Waals surface area contributed by atoms with Crippen molar-refractivity contribution in [3.05, 3.63) is 28.0 Å². The zero-order valence-electron chi connectivity index (χ0n) is 7.50. The van der Waals surface area contributed by atoms with Crippen LogP contribution in [0.3, 0.4) is 0 Å². The lowest BCUT2D eigenvalue weighted by atomic mass is 10.3. The summed E-state index contributed by atoms with van der Waals surface area (Å²) in [6.45, 7) is 0. The summed E-state index contributed by atoms with van der Waals surface area (Å²) in [5.41, 5.74) is 2.10. The van der Waals surface area contributed by atoms with E-state index in [1.807, 2.05) is 12.1 Å². The molecule has 0 aliphatic rings. The summed E-state index contributed by atoms with van der Waals surface area (Å²) >= 11 is 4.76. The van der Waals surface area contributed by atoms with E-state index in [9.17, 15) is 4.79 Å². The second-order valence-electron chi connectivity index (χ2n) is 2.56. The molecule has 3 nitrogen and oxygen atoms in total. The fourth-order valence-electron chi connectivity index (χ4n) is 0.898. The number of rotatable bonds is 4. The van der Waals surface area contributed by atoms with Crippen LogP contribution in [0.4, 0.5) is 0 Å². The maximum Gasteiger partial charge on any atom is 0.275 e. The molecule has 0 saturated heterocycles. The van der Waals surface area contributed by atoms with Crippen LogP contribution in [0.2, 0.25) is 0 Å². The molecule has 1 aromatic heterocycles. The first-order valence-electron chi connectivity index (χ1n) is 4.11. The summed E-state index contributed by atoms with van der Waals surface area (Å²) in [5, 5.41) is 0.949. The van der Waals surface area contributed by atoms with Gasteiger partial charge in [-0.2, -0.15) is 0 Å². The van der Waals surface area contributed by atoms with E-state index >= 15 is 0 Å². The summed E-state index contributed by atoms with van der Waals surface area (Å²) in [6, 6.07) is 3.67. The first-order valence-corrected chi connectivity index (χ1v) is 6.05. The summed E-state index contributed by atoms with van der Waals surface area (Å²) < 4.78 is 0. The van der Waals surface area contributed by atoms with Crippen molar-refractivity contribution in [2.75, 3.05) is 5.33 Å². The van der Waals surface area contributed by atoms with Gasteiger partial charge in [0.15, 0.2) is 0 Å². The molecule has 0 saturated carbocycles. The topological polar surface area (TPSA) is 55.1 Å². The number of carbonyl (C=O) groups is 1. The first-order chi connectivity index (χ1) is 6.77. The van der Waals surface area contributed by atoms with Crippen LogP contribution in [-0.4, -0.2) is 11.2 Å². The van der Waals surface area contributed by atoms with E-state index in [0.29, 0.717) is 4.88 Å². The molecular weight excluding hydrogens is 264 g/mol. The first kappa shape index (κ1) is 11.4. The Morgan fingerprint density at radius 3 is 3.07 bits per heavy atom. The van der Waals surface area contributed by atoms with Crippen LogP contribution < -0.4 is 11.3 Å². The van der Waals surface area contributed by atoms with Crippen molar-refractivity contribution >= 4 is 39.2 Å². The van der Waals surface area contributed by atoms with E-state index in [-0.39, 0.29) is 5.91 Å². The van der Waals surface area contributed by atoms with Gasteiger partial charge in [0.05, 0.1) is 4.88 Å². The number of alkyl halides is 1. The second kappa shape index (κ2) is 5.95. The highest BCUT2D eigenvalue weighted by molar-refractivity contribution is 9.09. The van der Waals surface area contributed by atoms with E-state index in [1.54, 1.807) is 6.07 Å². The largest absolute Gasteiger partial charge is 0.289 e. The lowest BCUT2D eigenvalue weighted by molar-refractivity contribution is 0.0957. The van der Waals surface area contributed by atoms with Crippen molar-refractivity contribution in [1.82, 2.24) is 5.43 Å². The Bertz CT molecular complexity index is 335. The SMILES string of the molecule is NNC(=O)c1ccc(C=CCCBr)s1. The fourth-order valence-corrected chi connectivity index (χ4v) is 2.00. The minimum atomic E-state index is -0.241. The fraction of sp³-hybridized carbons (Fsp3) is 0.222. The van der Waals surface area contributed by atoms with E-state index < -0.39 is 0 Å². The van der Waals surface area contributed by atoms with Gasteiger partial charge in [0.1, 0.15) is 0 Å². The number of nitrogens with two attached hydrogens (primary N) is 1. The number of nitrogen functional groups attached to an aromatic ring is 1. The van der Waals surface area contributed by atoms with Crippen LogP contribution in [-0.2, 0) is 0 Å². The highest BCUT2D eigenvalue weighted by Crippen LogP contribution is 2.17. The zero-order chi connectivity index (χ0) is 10.4. The van der Waals surface area contributed by atoms with Gasteiger partial charge in [-0.25, -0.2) is 5.84 Å². The van der Waals surface area contributed by atoms with Crippen LogP contribution in [0.1, 0.15) is 21.0 Å². The number of carbonyl (C=O) groups excluding carboxylic acids is 1. The molecule has 0 aromatic carbocycles. The molecule has 0 unspecified atom stereocenters. The van der Waals surface area contributed by atoms with Crippen molar-refractivity contribution in [3.63, 3.8) is 0 Å². The third-order valence-electron chi connectivity index (χ3n) is 1.54. The number of hydrogen-bond acceptors (Lipinski definition) is 3. The molecular formula is C9H11BrN2OS. The summed E-state index contributed by atoms with van der Waals surface area (Å²) in [7, 11) is 0. The molecule has 1 amide bonds. The molecule has 0 atom stereocenters. The molecule has 0 fully saturated rings. The molecule has 1 aromatic rings. The normalized spacial score (nSPS) is 10.7. The molecule has 76 valence electrons. The number of allylic oxidation sites excluding steroid dienone is 1. The van der Waals surface area contributed by atoms with Gasteiger partial charge in [-0.1, -0.05) is 22.0 Å².